The van der Waals surface area contributed by atoms with Gasteiger partial charge in [-0.15, -0.1) is 0 Å². The molecule has 0 aromatic heterocycles. The molecule has 1 aromatic carbocycles. The Morgan fingerprint density at radius 1 is 0.758 bits per heavy atom. The Morgan fingerprint density at radius 3 is 1.91 bits per heavy atom. The Balaban J connectivity index is 1.83. The van der Waals surface area contributed by atoms with E-state index in [0.29, 0.717) is 0 Å². The minimum atomic E-state index is 0.205. The number of hydrogen-bond donors (Lipinski definition) is 5. The minimum absolute atomic E-state index is 0.205. The molecule has 0 spiro atoms. The molecule has 0 radical (unpaired) electrons. The van der Waals surface area contributed by atoms with Crippen LogP contribution < -0.4 is 27.8 Å². The summed E-state index contributed by atoms with van der Waals surface area (Å²) in [4.78, 5) is 4.01. The molecule has 0 aliphatic rings. The average Bonchev–Trinajstić information content (AvgIpc) is 2.82. The lowest BCUT2D eigenvalue weighted by molar-refractivity contribution is -0.501. The van der Waals surface area contributed by atoms with Crippen LogP contribution in [0.15, 0.2) is 35.3 Å². The van der Waals surface area contributed by atoms with Crippen molar-refractivity contribution < 1.29 is 4.58 Å². The van der Waals surface area contributed by atoms with Crippen LogP contribution in [-0.4, -0.2) is 49.7 Å². The highest BCUT2D eigenvalue weighted by molar-refractivity contribution is 5.75. The molecule has 7 nitrogen and oxygen atoms in total. The average molecular weight is 461 g/mol. The van der Waals surface area contributed by atoms with Crippen molar-refractivity contribution in [2.75, 3.05) is 33.2 Å². The number of rotatable bonds is 20. The fraction of sp³-hybridized carbons (Fsp3) is 0.692. The zero-order valence-corrected chi connectivity index (χ0v) is 21.0. The van der Waals surface area contributed by atoms with Crippen molar-refractivity contribution in [1.29, 1.82) is 0 Å². The summed E-state index contributed by atoms with van der Waals surface area (Å²) >= 11 is 0. The van der Waals surface area contributed by atoms with Crippen molar-refractivity contribution >= 4 is 11.9 Å². The second kappa shape index (κ2) is 20.3. The molecule has 0 fully saturated rings. The van der Waals surface area contributed by atoms with Crippen molar-refractivity contribution in [2.24, 2.45) is 22.2 Å². The lowest BCUT2D eigenvalue weighted by atomic mass is 10.1. The Hall–Kier alpha value is -2.28. The molecular formula is C26H50N7+. The van der Waals surface area contributed by atoms with Gasteiger partial charge in [-0.2, -0.15) is 0 Å². The van der Waals surface area contributed by atoms with Crippen LogP contribution in [0.1, 0.15) is 82.6 Å². The standard InChI is InChI=1S/C26H49N7/c1-33(26(29)32-23-24-17-11-10-12-18-24)22-16-9-5-4-7-14-20-30-19-13-6-2-3-8-15-21-31-25(27)28/h10-12,17-18,30H,2-9,13-16,19-23H2,1H3,(H6,27,28,29,31,32)/p+1. The molecule has 8 N–H and O–H groups in total. The van der Waals surface area contributed by atoms with Crippen LogP contribution in [0.4, 0.5) is 0 Å². The van der Waals surface area contributed by atoms with Crippen molar-refractivity contribution in [2.45, 2.75) is 83.6 Å². The van der Waals surface area contributed by atoms with Gasteiger partial charge >= 0.3 is 5.96 Å². The summed E-state index contributed by atoms with van der Waals surface area (Å²) in [6.07, 6.45) is 15.2. The largest absolute Gasteiger partial charge is 0.370 e. The van der Waals surface area contributed by atoms with Crippen LogP contribution >= 0.6 is 0 Å². The van der Waals surface area contributed by atoms with Gasteiger partial charge in [0.25, 0.3) is 0 Å². The molecule has 33 heavy (non-hydrogen) atoms. The number of nitrogens with zero attached hydrogens (tertiary/aromatic N) is 2. The maximum Gasteiger partial charge on any atom is 0.343 e. The monoisotopic (exact) mass is 460 g/mol. The van der Waals surface area contributed by atoms with Crippen molar-refractivity contribution in [3.63, 3.8) is 0 Å². The van der Waals surface area contributed by atoms with Gasteiger partial charge in [0, 0.05) is 6.54 Å². The van der Waals surface area contributed by atoms with Crippen molar-refractivity contribution in [1.82, 2.24) is 10.6 Å². The van der Waals surface area contributed by atoms with Crippen LogP contribution in [-0.2, 0) is 6.54 Å². The van der Waals surface area contributed by atoms with Gasteiger partial charge < -0.3 is 16.8 Å². The zero-order chi connectivity index (χ0) is 24.0. The van der Waals surface area contributed by atoms with Crippen molar-refractivity contribution in [3.8, 4) is 0 Å². The molecule has 0 saturated carbocycles. The van der Waals surface area contributed by atoms with E-state index in [0.717, 1.165) is 45.1 Å². The number of guanidine groups is 2. The van der Waals surface area contributed by atoms with Gasteiger partial charge in [-0.3, -0.25) is 20.6 Å². The van der Waals surface area contributed by atoms with Crippen LogP contribution in [0.25, 0.3) is 0 Å². The van der Waals surface area contributed by atoms with Gasteiger partial charge in [-0.1, -0.05) is 81.7 Å². The number of nitrogens with one attached hydrogen (secondary N) is 2. The third kappa shape index (κ3) is 17.9. The highest BCUT2D eigenvalue weighted by Crippen LogP contribution is 2.06. The number of benzene rings is 1. The Bertz CT molecular complexity index is 639. The van der Waals surface area contributed by atoms with Crippen LogP contribution in [0.5, 0.6) is 0 Å². The fourth-order valence-electron chi connectivity index (χ4n) is 3.75. The topological polar surface area (TPSA) is 117 Å². The Labute approximate surface area is 202 Å². The summed E-state index contributed by atoms with van der Waals surface area (Å²) in [6.45, 7) is 4.84. The Morgan fingerprint density at radius 2 is 1.30 bits per heavy atom. The molecule has 0 amide bonds. The molecule has 0 saturated heterocycles. The molecular weight excluding hydrogens is 410 g/mol. The molecule has 0 aliphatic carbocycles. The number of hydrogen-bond acceptors (Lipinski definition) is 2. The van der Waals surface area contributed by atoms with E-state index in [-0.39, 0.29) is 5.96 Å². The smallest absolute Gasteiger partial charge is 0.343 e. The molecule has 0 unspecified atom stereocenters. The minimum Gasteiger partial charge on any atom is -0.370 e. The normalized spacial score (nSPS) is 11.8. The summed E-state index contributed by atoms with van der Waals surface area (Å²) in [5.41, 5.74) is 18.0. The van der Waals surface area contributed by atoms with E-state index in [9.17, 15) is 0 Å². The molecule has 0 heterocycles. The van der Waals surface area contributed by atoms with Gasteiger partial charge in [0.2, 0.25) is 0 Å². The first-order chi connectivity index (χ1) is 16.1. The van der Waals surface area contributed by atoms with Crippen LogP contribution in [0.3, 0.4) is 0 Å². The Kier molecular flexibility index (Phi) is 17.7. The predicted octanol–water partition coefficient (Wildman–Crippen LogP) is 3.28. The maximum atomic E-state index is 6.16. The van der Waals surface area contributed by atoms with Crippen LogP contribution in [0, 0.1) is 0 Å². The fourth-order valence-corrected chi connectivity index (χ4v) is 3.75. The van der Waals surface area contributed by atoms with Crippen LogP contribution in [0.2, 0.25) is 0 Å². The first kappa shape index (κ1) is 28.8. The second-order valence-electron chi connectivity index (χ2n) is 8.95. The summed E-state index contributed by atoms with van der Waals surface area (Å²) in [6, 6.07) is 10.4. The quantitative estimate of drug-likeness (QED) is 0.0886. The lowest BCUT2D eigenvalue weighted by Gasteiger charge is -2.07. The third-order valence-corrected chi connectivity index (χ3v) is 5.88. The van der Waals surface area contributed by atoms with Crippen molar-refractivity contribution in [3.05, 3.63) is 35.9 Å². The van der Waals surface area contributed by atoms with Gasteiger partial charge in [0.15, 0.2) is 5.96 Å². The lowest BCUT2D eigenvalue weighted by Crippen LogP contribution is -2.39. The third-order valence-electron chi connectivity index (χ3n) is 5.88. The van der Waals surface area contributed by atoms with E-state index < -0.39 is 0 Å². The predicted molar refractivity (Wildman–Crippen MR) is 142 cm³/mol. The zero-order valence-electron chi connectivity index (χ0n) is 21.0. The number of nitrogens with two attached hydrogens (primary N) is 3. The van der Waals surface area contributed by atoms with Gasteiger partial charge in [0.1, 0.15) is 0 Å². The van der Waals surface area contributed by atoms with Gasteiger partial charge in [-0.05, 0) is 44.3 Å². The maximum absolute atomic E-state index is 6.16. The SMILES string of the molecule is C[N+](CCCCCCCCNCCCCCCCCN=C(N)N)=C(N)NCc1ccccc1. The highest BCUT2D eigenvalue weighted by atomic mass is 15.2. The summed E-state index contributed by atoms with van der Waals surface area (Å²) in [5.74, 6) is 0.963. The first-order valence-electron chi connectivity index (χ1n) is 13.0. The number of unbranched alkanes of at least 4 members (excludes halogenated alkanes) is 10. The van der Waals surface area contributed by atoms with Gasteiger partial charge in [0.05, 0.1) is 20.1 Å². The molecule has 0 atom stereocenters. The summed E-state index contributed by atoms with van der Waals surface area (Å²) < 4.78 is 2.12. The van der Waals surface area contributed by atoms with Gasteiger partial charge in [-0.25, -0.2) is 0 Å². The summed E-state index contributed by atoms with van der Waals surface area (Å²) in [5, 5.41) is 6.90. The molecule has 188 valence electrons. The van der Waals surface area contributed by atoms with E-state index in [1.165, 1.54) is 76.2 Å². The molecule has 0 aliphatic heterocycles. The first-order valence-corrected chi connectivity index (χ1v) is 13.0. The highest BCUT2D eigenvalue weighted by Gasteiger charge is 2.04. The molecule has 7 heteroatoms. The second-order valence-corrected chi connectivity index (χ2v) is 8.95. The van der Waals surface area contributed by atoms with E-state index in [4.69, 9.17) is 17.2 Å². The molecule has 1 aromatic rings. The van der Waals surface area contributed by atoms with E-state index >= 15 is 0 Å². The molecule has 0 bridgehead atoms. The number of aliphatic imine (C=N–C) groups is 1. The van der Waals surface area contributed by atoms with E-state index in [2.05, 4.69) is 51.5 Å². The van der Waals surface area contributed by atoms with E-state index in [1.807, 2.05) is 6.07 Å². The van der Waals surface area contributed by atoms with E-state index in [1.54, 1.807) is 0 Å². The molecule has 1 rings (SSSR count). The summed E-state index contributed by atoms with van der Waals surface area (Å²) in [7, 11) is 2.06.